The molecule has 0 saturated heterocycles. The first-order valence-electron chi connectivity index (χ1n) is 6.09. The van der Waals surface area contributed by atoms with E-state index < -0.39 is 5.97 Å². The van der Waals surface area contributed by atoms with E-state index in [0.717, 1.165) is 5.56 Å². The molecule has 1 N–H and O–H groups in total. The van der Waals surface area contributed by atoms with Crippen LogP contribution in [0.25, 0.3) is 11.1 Å². The summed E-state index contributed by atoms with van der Waals surface area (Å²) in [6.07, 6.45) is 1.45. The Morgan fingerprint density at radius 1 is 1.00 bits per heavy atom. The van der Waals surface area contributed by atoms with Crippen LogP contribution in [-0.4, -0.2) is 37.4 Å². The van der Waals surface area contributed by atoms with Gasteiger partial charge >= 0.3 is 5.97 Å². The van der Waals surface area contributed by atoms with Gasteiger partial charge in [-0.25, -0.2) is 9.78 Å². The van der Waals surface area contributed by atoms with Gasteiger partial charge < -0.3 is 19.3 Å². The van der Waals surface area contributed by atoms with Gasteiger partial charge in [0, 0.05) is 23.9 Å². The van der Waals surface area contributed by atoms with Crippen molar-refractivity contribution >= 4 is 5.97 Å². The topological polar surface area (TPSA) is 77.9 Å². The summed E-state index contributed by atoms with van der Waals surface area (Å²) in [6, 6.07) is 6.71. The van der Waals surface area contributed by atoms with Crippen LogP contribution in [0.2, 0.25) is 0 Å². The molecule has 110 valence electrons. The number of aromatic carboxylic acids is 1. The van der Waals surface area contributed by atoms with Crippen molar-refractivity contribution in [2.45, 2.75) is 0 Å². The van der Waals surface area contributed by atoms with Crippen molar-refractivity contribution < 1.29 is 24.1 Å². The van der Waals surface area contributed by atoms with Gasteiger partial charge in [-0.2, -0.15) is 0 Å². The van der Waals surface area contributed by atoms with Crippen molar-refractivity contribution in [1.29, 1.82) is 0 Å². The molecule has 0 saturated carbocycles. The monoisotopic (exact) mass is 289 g/mol. The van der Waals surface area contributed by atoms with E-state index in [0.29, 0.717) is 22.8 Å². The maximum Gasteiger partial charge on any atom is 0.354 e. The third kappa shape index (κ3) is 3.05. The van der Waals surface area contributed by atoms with Crippen LogP contribution in [0.15, 0.2) is 30.5 Å². The second kappa shape index (κ2) is 6.13. The van der Waals surface area contributed by atoms with Gasteiger partial charge in [-0.3, -0.25) is 0 Å². The second-order valence-corrected chi connectivity index (χ2v) is 4.18. The van der Waals surface area contributed by atoms with E-state index in [1.54, 1.807) is 32.4 Å². The summed E-state index contributed by atoms with van der Waals surface area (Å²) in [7, 11) is 4.59. The van der Waals surface area contributed by atoms with Gasteiger partial charge in [0.15, 0.2) is 5.69 Å². The average molecular weight is 289 g/mol. The molecule has 0 bridgehead atoms. The van der Waals surface area contributed by atoms with Crippen LogP contribution in [0, 0.1) is 0 Å². The smallest absolute Gasteiger partial charge is 0.354 e. The fraction of sp³-hybridized carbons (Fsp3) is 0.200. The number of aromatic nitrogens is 1. The number of carboxylic acid groups (broad SMARTS) is 1. The van der Waals surface area contributed by atoms with Crippen LogP contribution in [0.1, 0.15) is 10.5 Å². The summed E-state index contributed by atoms with van der Waals surface area (Å²) in [6.45, 7) is 0. The Labute approximate surface area is 121 Å². The van der Waals surface area contributed by atoms with Crippen LogP contribution < -0.4 is 14.2 Å². The van der Waals surface area contributed by atoms with Gasteiger partial charge in [0.1, 0.15) is 17.2 Å². The Balaban J connectivity index is 2.57. The quantitative estimate of drug-likeness (QED) is 0.911. The minimum atomic E-state index is -1.11. The van der Waals surface area contributed by atoms with E-state index in [1.165, 1.54) is 19.4 Å². The zero-order valence-corrected chi connectivity index (χ0v) is 11.9. The molecule has 0 unspecified atom stereocenters. The molecule has 0 aliphatic heterocycles. The lowest BCUT2D eigenvalue weighted by Gasteiger charge is -2.12. The molecular weight excluding hydrogens is 274 g/mol. The summed E-state index contributed by atoms with van der Waals surface area (Å²) in [5.74, 6) is 0.545. The third-order valence-electron chi connectivity index (χ3n) is 2.97. The molecule has 1 aromatic carbocycles. The lowest BCUT2D eigenvalue weighted by atomic mass is 10.1. The highest BCUT2D eigenvalue weighted by Gasteiger charge is 2.13. The number of rotatable bonds is 5. The van der Waals surface area contributed by atoms with Gasteiger partial charge in [0.05, 0.1) is 21.3 Å². The molecule has 21 heavy (non-hydrogen) atoms. The minimum Gasteiger partial charge on any atom is -0.497 e. The normalized spacial score (nSPS) is 10.0. The zero-order valence-electron chi connectivity index (χ0n) is 11.9. The van der Waals surface area contributed by atoms with E-state index in [9.17, 15) is 4.79 Å². The van der Waals surface area contributed by atoms with Gasteiger partial charge in [0.25, 0.3) is 0 Å². The number of hydrogen-bond donors (Lipinski definition) is 1. The molecule has 6 nitrogen and oxygen atoms in total. The molecule has 0 spiro atoms. The number of carboxylic acids is 1. The number of hydrogen-bond acceptors (Lipinski definition) is 5. The molecule has 1 heterocycles. The van der Waals surface area contributed by atoms with E-state index in [1.807, 2.05) is 0 Å². The maximum atomic E-state index is 11.0. The molecular formula is C15H15NO5. The Bertz CT molecular complexity index is 647. The maximum absolute atomic E-state index is 11.0. The summed E-state index contributed by atoms with van der Waals surface area (Å²) in [5, 5.41) is 8.97. The predicted molar refractivity (Wildman–Crippen MR) is 76.3 cm³/mol. The van der Waals surface area contributed by atoms with Crippen molar-refractivity contribution in [3.05, 3.63) is 36.2 Å². The van der Waals surface area contributed by atoms with E-state index in [4.69, 9.17) is 19.3 Å². The first-order chi connectivity index (χ1) is 10.1. The molecule has 0 aliphatic rings. The van der Waals surface area contributed by atoms with Crippen molar-refractivity contribution in [3.63, 3.8) is 0 Å². The highest BCUT2D eigenvalue weighted by atomic mass is 16.5. The Morgan fingerprint density at radius 2 is 1.62 bits per heavy atom. The molecule has 0 fully saturated rings. The summed E-state index contributed by atoms with van der Waals surface area (Å²) >= 11 is 0. The Morgan fingerprint density at radius 3 is 2.10 bits per heavy atom. The summed E-state index contributed by atoms with van der Waals surface area (Å²) in [4.78, 5) is 14.9. The van der Waals surface area contributed by atoms with E-state index in [-0.39, 0.29) is 5.69 Å². The first-order valence-corrected chi connectivity index (χ1v) is 6.09. The van der Waals surface area contributed by atoms with Gasteiger partial charge in [-0.05, 0) is 17.7 Å². The molecule has 0 amide bonds. The van der Waals surface area contributed by atoms with Crippen molar-refractivity contribution in [2.24, 2.45) is 0 Å². The third-order valence-corrected chi connectivity index (χ3v) is 2.97. The highest BCUT2D eigenvalue weighted by Crippen LogP contribution is 2.34. The van der Waals surface area contributed by atoms with Crippen molar-refractivity contribution in [2.75, 3.05) is 21.3 Å². The van der Waals surface area contributed by atoms with Crippen LogP contribution in [-0.2, 0) is 0 Å². The van der Waals surface area contributed by atoms with Gasteiger partial charge in [0.2, 0.25) is 0 Å². The minimum absolute atomic E-state index is 0.0783. The number of pyridine rings is 1. The fourth-order valence-corrected chi connectivity index (χ4v) is 1.90. The van der Waals surface area contributed by atoms with E-state index in [2.05, 4.69) is 4.98 Å². The summed E-state index contributed by atoms with van der Waals surface area (Å²) in [5.41, 5.74) is 1.33. The molecule has 6 heteroatoms. The molecule has 0 aliphatic carbocycles. The lowest BCUT2D eigenvalue weighted by Crippen LogP contribution is -2.01. The SMILES string of the molecule is COc1cc(OC)cc(-c2cnc(C(=O)O)cc2OC)c1. The standard InChI is InChI=1S/C15H15NO5/c1-19-10-4-9(5-11(6-10)20-2)12-8-16-13(15(17)18)7-14(12)21-3/h4-8H,1-3H3,(H,17,18). The van der Waals surface area contributed by atoms with Crippen LogP contribution in [0.4, 0.5) is 0 Å². The van der Waals surface area contributed by atoms with Crippen molar-refractivity contribution in [3.8, 4) is 28.4 Å². The number of nitrogens with zero attached hydrogens (tertiary/aromatic N) is 1. The second-order valence-electron chi connectivity index (χ2n) is 4.18. The predicted octanol–water partition coefficient (Wildman–Crippen LogP) is 2.47. The van der Waals surface area contributed by atoms with E-state index >= 15 is 0 Å². The van der Waals surface area contributed by atoms with Crippen LogP contribution >= 0.6 is 0 Å². The molecule has 0 atom stereocenters. The lowest BCUT2D eigenvalue weighted by molar-refractivity contribution is 0.0690. The van der Waals surface area contributed by atoms with Crippen LogP contribution in [0.3, 0.4) is 0 Å². The molecule has 0 radical (unpaired) electrons. The van der Waals surface area contributed by atoms with Crippen LogP contribution in [0.5, 0.6) is 17.2 Å². The Kier molecular flexibility index (Phi) is 4.27. The number of ether oxygens (including phenoxy) is 3. The number of methoxy groups -OCH3 is 3. The largest absolute Gasteiger partial charge is 0.497 e. The Hall–Kier alpha value is -2.76. The summed E-state index contributed by atoms with van der Waals surface area (Å²) < 4.78 is 15.7. The zero-order chi connectivity index (χ0) is 15.4. The number of carbonyl (C=O) groups is 1. The molecule has 2 aromatic rings. The molecule has 2 rings (SSSR count). The van der Waals surface area contributed by atoms with Gasteiger partial charge in [-0.1, -0.05) is 0 Å². The first kappa shape index (κ1) is 14.6. The average Bonchev–Trinajstić information content (AvgIpc) is 2.53. The number of benzene rings is 1. The van der Waals surface area contributed by atoms with Gasteiger partial charge in [-0.15, -0.1) is 0 Å². The highest BCUT2D eigenvalue weighted by molar-refractivity contribution is 5.87. The van der Waals surface area contributed by atoms with Crippen molar-refractivity contribution in [1.82, 2.24) is 4.98 Å². The fourth-order valence-electron chi connectivity index (χ4n) is 1.90. The molecule has 1 aromatic heterocycles.